The van der Waals surface area contributed by atoms with E-state index in [1.807, 2.05) is 48.7 Å². The lowest BCUT2D eigenvalue weighted by Gasteiger charge is -2.15. The van der Waals surface area contributed by atoms with E-state index in [1.54, 1.807) is 30.3 Å². The number of hydrogen-bond donors (Lipinski definition) is 3. The maximum absolute atomic E-state index is 12.9. The quantitative estimate of drug-likeness (QED) is 0.327. The number of carbonyl (C=O) groups excluding carboxylic acids is 3. The lowest BCUT2D eigenvalue weighted by Crippen LogP contribution is -2.38. The highest BCUT2D eigenvalue weighted by molar-refractivity contribution is 6.31. The molecule has 176 valence electrons. The number of urea groups is 1. The standard InChI is InChI=1S/C26H21ClN4O4/c27-17-10-11-23(35-18-6-2-1-3-7-18)21(13-17)29-24(32)15-31-25(33)22(30-26(31)34)12-16-14-28-20-9-5-4-8-19(16)20/h1-11,13-14,22,28H,12,15H2,(H,29,32)(H,30,34)/t22-/m1/s1. The van der Waals surface area contributed by atoms with Crippen LogP contribution in [0.5, 0.6) is 11.5 Å². The molecule has 1 saturated heterocycles. The van der Waals surface area contributed by atoms with Crippen LogP contribution >= 0.6 is 11.6 Å². The van der Waals surface area contributed by atoms with Gasteiger partial charge in [-0.1, -0.05) is 48.0 Å². The van der Waals surface area contributed by atoms with Crippen LogP contribution in [0.2, 0.25) is 5.02 Å². The number of imide groups is 1. The van der Waals surface area contributed by atoms with Gasteiger partial charge in [0.2, 0.25) is 5.91 Å². The maximum atomic E-state index is 12.9. The molecule has 0 unspecified atom stereocenters. The molecule has 2 heterocycles. The summed E-state index contributed by atoms with van der Waals surface area (Å²) in [5.74, 6) is -0.0494. The molecule has 5 rings (SSSR count). The van der Waals surface area contributed by atoms with Crippen molar-refractivity contribution in [3.8, 4) is 11.5 Å². The van der Waals surface area contributed by atoms with E-state index in [0.717, 1.165) is 21.4 Å². The first kappa shape index (κ1) is 22.5. The number of H-pyrrole nitrogens is 1. The van der Waals surface area contributed by atoms with Crippen molar-refractivity contribution in [1.29, 1.82) is 0 Å². The van der Waals surface area contributed by atoms with Gasteiger partial charge in [0.05, 0.1) is 5.69 Å². The van der Waals surface area contributed by atoms with E-state index < -0.39 is 30.4 Å². The number of amides is 4. The largest absolute Gasteiger partial charge is 0.455 e. The summed E-state index contributed by atoms with van der Waals surface area (Å²) in [4.78, 5) is 42.3. The number of fused-ring (bicyclic) bond motifs is 1. The summed E-state index contributed by atoms with van der Waals surface area (Å²) < 4.78 is 5.85. The number of para-hydroxylation sites is 2. The minimum absolute atomic E-state index is 0.316. The van der Waals surface area contributed by atoms with Gasteiger partial charge in [0.1, 0.15) is 18.3 Å². The van der Waals surface area contributed by atoms with Gasteiger partial charge in [-0.25, -0.2) is 4.79 Å². The second-order valence-electron chi connectivity index (χ2n) is 8.09. The van der Waals surface area contributed by atoms with Crippen LogP contribution in [0.1, 0.15) is 5.56 Å². The highest BCUT2D eigenvalue weighted by Gasteiger charge is 2.39. The molecule has 4 amide bonds. The highest BCUT2D eigenvalue weighted by atomic mass is 35.5. The monoisotopic (exact) mass is 488 g/mol. The lowest BCUT2D eigenvalue weighted by molar-refractivity contribution is -0.130. The Morgan fingerprint density at radius 3 is 2.63 bits per heavy atom. The normalized spacial score (nSPS) is 15.3. The number of aromatic nitrogens is 1. The van der Waals surface area contributed by atoms with Crippen LogP contribution in [-0.4, -0.2) is 40.3 Å². The molecular formula is C26H21ClN4O4. The van der Waals surface area contributed by atoms with Gasteiger partial charge < -0.3 is 20.4 Å². The molecular weight excluding hydrogens is 468 g/mol. The van der Waals surface area contributed by atoms with Gasteiger partial charge in [0, 0.05) is 28.5 Å². The van der Waals surface area contributed by atoms with Crippen molar-refractivity contribution in [2.45, 2.75) is 12.5 Å². The number of halogens is 1. The molecule has 3 aromatic carbocycles. The first-order chi connectivity index (χ1) is 17.0. The Kier molecular flexibility index (Phi) is 6.12. The first-order valence-corrected chi connectivity index (χ1v) is 11.3. The van der Waals surface area contributed by atoms with Crippen LogP contribution in [0.4, 0.5) is 10.5 Å². The van der Waals surface area contributed by atoms with E-state index in [1.165, 1.54) is 0 Å². The third kappa shape index (κ3) is 4.83. The number of anilines is 1. The molecule has 0 bridgehead atoms. The minimum atomic E-state index is -0.752. The molecule has 4 aromatic rings. The van der Waals surface area contributed by atoms with Gasteiger partial charge in [0.15, 0.2) is 5.75 Å². The zero-order valence-corrected chi connectivity index (χ0v) is 19.2. The molecule has 1 fully saturated rings. The summed E-state index contributed by atoms with van der Waals surface area (Å²) in [7, 11) is 0. The van der Waals surface area contributed by atoms with E-state index in [0.29, 0.717) is 28.6 Å². The lowest BCUT2D eigenvalue weighted by atomic mass is 10.1. The van der Waals surface area contributed by atoms with E-state index in [-0.39, 0.29) is 0 Å². The number of nitrogens with one attached hydrogen (secondary N) is 3. The zero-order valence-electron chi connectivity index (χ0n) is 18.5. The molecule has 1 atom stereocenters. The molecule has 0 saturated carbocycles. The summed E-state index contributed by atoms with van der Waals surface area (Å²) in [5.41, 5.74) is 2.19. The molecule has 1 aromatic heterocycles. The van der Waals surface area contributed by atoms with Gasteiger partial charge in [-0.15, -0.1) is 0 Å². The maximum Gasteiger partial charge on any atom is 0.325 e. The molecule has 3 N–H and O–H groups in total. The fourth-order valence-corrected chi connectivity index (χ4v) is 4.20. The van der Waals surface area contributed by atoms with Crippen LogP contribution in [0.25, 0.3) is 10.9 Å². The van der Waals surface area contributed by atoms with Gasteiger partial charge in [-0.2, -0.15) is 0 Å². The van der Waals surface area contributed by atoms with Crippen LogP contribution in [0.15, 0.2) is 79.0 Å². The summed E-state index contributed by atoms with van der Waals surface area (Å²) in [6.07, 6.45) is 2.14. The molecule has 0 aliphatic carbocycles. The third-order valence-corrected chi connectivity index (χ3v) is 5.93. The number of carbonyl (C=O) groups is 3. The Morgan fingerprint density at radius 1 is 1.03 bits per heavy atom. The number of ether oxygens (including phenoxy) is 1. The van der Waals surface area contributed by atoms with Crippen LogP contribution < -0.4 is 15.4 Å². The van der Waals surface area contributed by atoms with Crippen molar-refractivity contribution in [2.24, 2.45) is 0 Å². The van der Waals surface area contributed by atoms with Crippen LogP contribution in [0.3, 0.4) is 0 Å². The predicted octanol–water partition coefficient (Wildman–Crippen LogP) is 4.72. The van der Waals surface area contributed by atoms with E-state index >= 15 is 0 Å². The molecule has 35 heavy (non-hydrogen) atoms. The SMILES string of the molecule is O=C(CN1C(=O)N[C@H](Cc2c[nH]c3ccccc23)C1=O)Nc1cc(Cl)ccc1Oc1ccccc1. The summed E-state index contributed by atoms with van der Waals surface area (Å²) >= 11 is 6.11. The summed E-state index contributed by atoms with van der Waals surface area (Å²) in [6, 6.07) is 20.3. The third-order valence-electron chi connectivity index (χ3n) is 5.69. The predicted molar refractivity (Wildman–Crippen MR) is 133 cm³/mol. The fourth-order valence-electron chi connectivity index (χ4n) is 4.02. The average Bonchev–Trinajstić information content (AvgIpc) is 3.37. The van der Waals surface area contributed by atoms with Gasteiger partial charge >= 0.3 is 6.03 Å². The molecule has 1 aliphatic rings. The Hall–Kier alpha value is -4.30. The Morgan fingerprint density at radius 2 is 1.80 bits per heavy atom. The van der Waals surface area contributed by atoms with Gasteiger partial charge in [0.25, 0.3) is 5.91 Å². The molecule has 0 spiro atoms. The molecule has 1 aliphatic heterocycles. The number of rotatable bonds is 7. The van der Waals surface area contributed by atoms with E-state index in [9.17, 15) is 14.4 Å². The van der Waals surface area contributed by atoms with Gasteiger partial charge in [-0.3, -0.25) is 14.5 Å². The smallest absolute Gasteiger partial charge is 0.325 e. The summed E-state index contributed by atoms with van der Waals surface area (Å²) in [6.45, 7) is -0.438. The fraction of sp³-hybridized carbons (Fsp3) is 0.115. The Labute approximate surface area is 205 Å². The number of nitrogens with zero attached hydrogens (tertiary/aromatic N) is 1. The molecule has 9 heteroatoms. The van der Waals surface area contributed by atoms with Crippen molar-refractivity contribution >= 4 is 46.0 Å². The van der Waals surface area contributed by atoms with Crippen LogP contribution in [0, 0.1) is 0 Å². The van der Waals surface area contributed by atoms with Crippen LogP contribution in [-0.2, 0) is 16.0 Å². The number of aromatic amines is 1. The van der Waals surface area contributed by atoms with E-state index in [4.69, 9.17) is 16.3 Å². The van der Waals surface area contributed by atoms with Crippen molar-refractivity contribution in [3.63, 3.8) is 0 Å². The molecule has 0 radical (unpaired) electrons. The summed E-state index contributed by atoms with van der Waals surface area (Å²) in [5, 5.41) is 6.76. The van der Waals surface area contributed by atoms with E-state index in [2.05, 4.69) is 15.6 Å². The Balaban J connectivity index is 1.27. The minimum Gasteiger partial charge on any atom is -0.455 e. The second kappa shape index (κ2) is 9.52. The topological polar surface area (TPSA) is 104 Å². The van der Waals surface area contributed by atoms with Crippen molar-refractivity contribution in [3.05, 3.63) is 89.6 Å². The van der Waals surface area contributed by atoms with Crippen molar-refractivity contribution in [1.82, 2.24) is 15.2 Å². The number of benzene rings is 3. The van der Waals surface area contributed by atoms with Crippen molar-refractivity contribution < 1.29 is 19.1 Å². The van der Waals surface area contributed by atoms with Crippen molar-refractivity contribution in [2.75, 3.05) is 11.9 Å². The Bertz CT molecular complexity index is 1420. The molecule has 8 nitrogen and oxygen atoms in total. The van der Waals surface area contributed by atoms with Gasteiger partial charge in [-0.05, 0) is 42.0 Å². The highest BCUT2D eigenvalue weighted by Crippen LogP contribution is 2.32. The number of hydrogen-bond acceptors (Lipinski definition) is 4. The first-order valence-electron chi connectivity index (χ1n) is 11.0. The average molecular weight is 489 g/mol. The zero-order chi connectivity index (χ0) is 24.4. The second-order valence-corrected chi connectivity index (χ2v) is 8.53.